The molecule has 0 aliphatic carbocycles. The van der Waals surface area contributed by atoms with E-state index < -0.39 is 0 Å². The van der Waals surface area contributed by atoms with Gasteiger partial charge in [-0.25, -0.2) is 4.98 Å². The van der Waals surface area contributed by atoms with Crippen molar-refractivity contribution in [3.63, 3.8) is 0 Å². The summed E-state index contributed by atoms with van der Waals surface area (Å²) in [6.45, 7) is 7.00. The van der Waals surface area contributed by atoms with Crippen LogP contribution in [0.2, 0.25) is 0 Å². The average molecular weight is 399 g/mol. The van der Waals surface area contributed by atoms with Gasteiger partial charge in [0.15, 0.2) is 11.5 Å². The van der Waals surface area contributed by atoms with Crippen molar-refractivity contribution in [3.05, 3.63) is 102 Å². The number of hydrogen-bond donors (Lipinski definition) is 0. The normalized spacial score (nSPS) is 10.9. The van der Waals surface area contributed by atoms with Crippen molar-refractivity contribution < 1.29 is 9.47 Å². The molecule has 0 saturated carbocycles. The Morgan fingerprint density at radius 3 is 2.50 bits per heavy atom. The Bertz CT molecular complexity index is 1160. The summed E-state index contributed by atoms with van der Waals surface area (Å²) >= 11 is 0. The van der Waals surface area contributed by atoms with Gasteiger partial charge in [0.05, 0.1) is 18.1 Å². The summed E-state index contributed by atoms with van der Waals surface area (Å²) in [4.78, 5) is 4.83. The van der Waals surface area contributed by atoms with E-state index in [0.29, 0.717) is 12.4 Å². The Balaban J connectivity index is 1.62. The Hall–Kier alpha value is -3.53. The van der Waals surface area contributed by atoms with E-state index in [4.69, 9.17) is 14.5 Å². The van der Waals surface area contributed by atoms with Crippen molar-refractivity contribution in [1.29, 1.82) is 0 Å². The van der Waals surface area contributed by atoms with Crippen molar-refractivity contribution in [2.45, 2.75) is 26.5 Å². The zero-order valence-electron chi connectivity index (χ0n) is 17.5. The molecule has 0 fully saturated rings. The standard InChI is InChI=1S/C26H26N2O2/c1-4-7-20-14-15-24(25(16-20)29-3)30-18-26-27-22-8-5-6-9-23(22)28(26)17-21-12-10-19(2)11-13-21/h4-6,8-16H,1,7,17-18H2,2-3H3. The summed E-state index contributed by atoms with van der Waals surface area (Å²) in [5.41, 5.74) is 5.70. The van der Waals surface area contributed by atoms with Crippen LogP contribution in [0.3, 0.4) is 0 Å². The first-order chi connectivity index (χ1) is 14.7. The lowest BCUT2D eigenvalue weighted by atomic mass is 10.1. The van der Waals surface area contributed by atoms with Crippen LogP contribution in [0.25, 0.3) is 11.0 Å². The zero-order valence-corrected chi connectivity index (χ0v) is 17.5. The van der Waals surface area contributed by atoms with Crippen molar-refractivity contribution >= 4 is 11.0 Å². The van der Waals surface area contributed by atoms with Crippen LogP contribution in [0, 0.1) is 6.92 Å². The number of rotatable bonds is 8. The average Bonchev–Trinajstić information content (AvgIpc) is 3.12. The van der Waals surface area contributed by atoms with Gasteiger partial charge in [0.1, 0.15) is 12.4 Å². The van der Waals surface area contributed by atoms with Crippen molar-refractivity contribution in [2.24, 2.45) is 0 Å². The maximum Gasteiger partial charge on any atom is 0.161 e. The highest BCUT2D eigenvalue weighted by atomic mass is 16.5. The maximum absolute atomic E-state index is 6.14. The Labute approximate surface area is 177 Å². The molecule has 0 atom stereocenters. The van der Waals surface area contributed by atoms with E-state index in [-0.39, 0.29) is 0 Å². The lowest BCUT2D eigenvalue weighted by Gasteiger charge is -2.13. The van der Waals surface area contributed by atoms with Gasteiger partial charge in [0, 0.05) is 6.54 Å². The number of allylic oxidation sites excluding steroid dienone is 1. The number of para-hydroxylation sites is 2. The third-order valence-electron chi connectivity index (χ3n) is 5.16. The third kappa shape index (κ3) is 4.23. The van der Waals surface area contributed by atoms with Crippen molar-refractivity contribution in [2.75, 3.05) is 7.11 Å². The largest absolute Gasteiger partial charge is 0.493 e. The maximum atomic E-state index is 6.14. The van der Waals surface area contributed by atoms with Gasteiger partial charge in [0.2, 0.25) is 0 Å². The summed E-state index contributed by atoms with van der Waals surface area (Å²) in [7, 11) is 1.66. The predicted molar refractivity (Wildman–Crippen MR) is 121 cm³/mol. The molecule has 0 N–H and O–H groups in total. The summed E-state index contributed by atoms with van der Waals surface area (Å²) in [5.74, 6) is 2.31. The molecule has 0 spiro atoms. The van der Waals surface area contributed by atoms with Gasteiger partial charge < -0.3 is 14.0 Å². The van der Waals surface area contributed by atoms with Gasteiger partial charge >= 0.3 is 0 Å². The van der Waals surface area contributed by atoms with Gasteiger partial charge in [-0.2, -0.15) is 0 Å². The van der Waals surface area contributed by atoms with Crippen LogP contribution < -0.4 is 9.47 Å². The molecular formula is C26H26N2O2. The molecule has 0 aliphatic heterocycles. The number of imidazole rings is 1. The van der Waals surface area contributed by atoms with Crippen molar-refractivity contribution in [1.82, 2.24) is 9.55 Å². The SMILES string of the molecule is C=CCc1ccc(OCc2nc3ccccc3n2Cc2ccc(C)cc2)c(OC)c1. The highest BCUT2D eigenvalue weighted by molar-refractivity contribution is 5.76. The molecule has 1 aromatic heterocycles. The van der Waals surface area contributed by atoms with Gasteiger partial charge in [-0.15, -0.1) is 6.58 Å². The number of aromatic nitrogens is 2. The highest BCUT2D eigenvalue weighted by Gasteiger charge is 2.13. The molecule has 4 aromatic rings. The quantitative estimate of drug-likeness (QED) is 0.357. The topological polar surface area (TPSA) is 36.3 Å². The summed E-state index contributed by atoms with van der Waals surface area (Å²) in [5, 5.41) is 0. The molecule has 30 heavy (non-hydrogen) atoms. The summed E-state index contributed by atoms with van der Waals surface area (Å²) in [6.07, 6.45) is 2.67. The van der Waals surface area contributed by atoms with E-state index in [0.717, 1.165) is 41.1 Å². The van der Waals surface area contributed by atoms with Crippen LogP contribution in [0.1, 0.15) is 22.5 Å². The second-order valence-electron chi connectivity index (χ2n) is 7.36. The smallest absolute Gasteiger partial charge is 0.161 e. The van der Waals surface area contributed by atoms with Gasteiger partial charge in [-0.3, -0.25) is 0 Å². The molecule has 0 aliphatic rings. The van der Waals surface area contributed by atoms with Gasteiger partial charge in [-0.05, 0) is 48.7 Å². The van der Waals surface area contributed by atoms with Gasteiger partial charge in [-0.1, -0.05) is 54.1 Å². The van der Waals surface area contributed by atoms with Crippen LogP contribution in [0.15, 0.2) is 79.4 Å². The van der Waals surface area contributed by atoms with E-state index in [1.54, 1.807) is 7.11 Å². The first-order valence-electron chi connectivity index (χ1n) is 10.1. The minimum absolute atomic E-state index is 0.359. The van der Waals surface area contributed by atoms with E-state index in [1.165, 1.54) is 11.1 Å². The molecule has 3 aromatic carbocycles. The monoisotopic (exact) mass is 398 g/mol. The molecule has 0 amide bonds. The number of methoxy groups -OCH3 is 1. The Morgan fingerprint density at radius 1 is 0.967 bits per heavy atom. The number of benzene rings is 3. The minimum Gasteiger partial charge on any atom is -0.493 e. The number of aryl methyl sites for hydroxylation is 1. The van der Waals surface area contributed by atoms with E-state index in [9.17, 15) is 0 Å². The van der Waals surface area contributed by atoms with E-state index in [2.05, 4.69) is 48.4 Å². The number of ether oxygens (including phenoxy) is 2. The lowest BCUT2D eigenvalue weighted by Crippen LogP contribution is -2.09. The Kier molecular flexibility index (Phi) is 5.84. The molecule has 152 valence electrons. The molecule has 0 radical (unpaired) electrons. The first kappa shape index (κ1) is 19.8. The summed E-state index contributed by atoms with van der Waals surface area (Å²) < 4.78 is 13.9. The second-order valence-corrected chi connectivity index (χ2v) is 7.36. The number of fused-ring (bicyclic) bond motifs is 1. The third-order valence-corrected chi connectivity index (χ3v) is 5.16. The first-order valence-corrected chi connectivity index (χ1v) is 10.1. The fraction of sp³-hybridized carbons (Fsp3) is 0.192. The van der Waals surface area contributed by atoms with Crippen LogP contribution in [0.4, 0.5) is 0 Å². The molecule has 4 heteroatoms. The van der Waals surface area contributed by atoms with Crippen LogP contribution >= 0.6 is 0 Å². The molecule has 1 heterocycles. The lowest BCUT2D eigenvalue weighted by molar-refractivity contribution is 0.272. The van der Waals surface area contributed by atoms with E-state index >= 15 is 0 Å². The van der Waals surface area contributed by atoms with Crippen LogP contribution in [-0.4, -0.2) is 16.7 Å². The molecule has 0 saturated heterocycles. The molecule has 4 nitrogen and oxygen atoms in total. The zero-order chi connectivity index (χ0) is 20.9. The van der Waals surface area contributed by atoms with E-state index in [1.807, 2.05) is 42.5 Å². The molecule has 0 bridgehead atoms. The molecule has 4 rings (SSSR count). The Morgan fingerprint density at radius 2 is 1.73 bits per heavy atom. The predicted octanol–water partition coefficient (Wildman–Crippen LogP) is 5.71. The minimum atomic E-state index is 0.359. The fourth-order valence-electron chi connectivity index (χ4n) is 3.56. The van der Waals surface area contributed by atoms with Crippen LogP contribution in [0.5, 0.6) is 11.5 Å². The molecule has 0 unspecified atom stereocenters. The van der Waals surface area contributed by atoms with Gasteiger partial charge in [0.25, 0.3) is 0 Å². The fourth-order valence-corrected chi connectivity index (χ4v) is 3.56. The molecular weight excluding hydrogens is 372 g/mol. The highest BCUT2D eigenvalue weighted by Crippen LogP contribution is 2.29. The van der Waals surface area contributed by atoms with Crippen molar-refractivity contribution in [3.8, 4) is 11.5 Å². The summed E-state index contributed by atoms with van der Waals surface area (Å²) in [6, 6.07) is 22.8. The second kappa shape index (κ2) is 8.87. The number of hydrogen-bond acceptors (Lipinski definition) is 3. The number of nitrogens with zero attached hydrogens (tertiary/aromatic N) is 2. The van der Waals surface area contributed by atoms with Crippen LogP contribution in [-0.2, 0) is 19.6 Å².